The molecule has 1 aromatic rings. The van der Waals surface area contributed by atoms with E-state index in [1.54, 1.807) is 6.20 Å². The summed E-state index contributed by atoms with van der Waals surface area (Å²) in [4.78, 5) is 18.3. The Kier molecular flexibility index (Phi) is 3.28. The largest absolute Gasteiger partial charge is 0.365 e. The molecular formula is C16H20N6O. The van der Waals surface area contributed by atoms with Crippen molar-refractivity contribution in [2.24, 2.45) is 11.0 Å². The Hall–Kier alpha value is -2.44. The van der Waals surface area contributed by atoms with Crippen molar-refractivity contribution < 1.29 is 4.79 Å². The minimum Gasteiger partial charge on any atom is -0.365 e. The zero-order valence-corrected chi connectivity index (χ0v) is 13.1. The topological polar surface area (TPSA) is 93.5 Å². The maximum Gasteiger partial charge on any atom is 0.228 e. The molecule has 2 heterocycles. The van der Waals surface area contributed by atoms with Gasteiger partial charge in [-0.05, 0) is 31.7 Å². The first-order valence-electron chi connectivity index (χ1n) is 8.06. The molecule has 0 atom stereocenters. The second-order valence-electron chi connectivity index (χ2n) is 6.51. The first kappa shape index (κ1) is 14.2. The Labute approximate surface area is 134 Å². The predicted octanol–water partition coefficient (Wildman–Crippen LogP) is 1.36. The number of nitrogens with one attached hydrogen (secondary N) is 3. The molecule has 0 saturated heterocycles. The Morgan fingerprint density at radius 2 is 2.17 bits per heavy atom. The molecular weight excluding hydrogens is 292 g/mol. The van der Waals surface area contributed by atoms with Gasteiger partial charge >= 0.3 is 0 Å². The second-order valence-corrected chi connectivity index (χ2v) is 6.51. The third kappa shape index (κ3) is 2.78. The summed E-state index contributed by atoms with van der Waals surface area (Å²) in [6, 6.07) is 2.28. The van der Waals surface area contributed by atoms with Crippen LogP contribution in [0.2, 0.25) is 0 Å². The number of hydrogen-bond acceptors (Lipinski definition) is 6. The molecule has 2 saturated carbocycles. The summed E-state index contributed by atoms with van der Waals surface area (Å²) in [5, 5.41) is 15.7. The maximum absolute atomic E-state index is 12.0. The minimum absolute atomic E-state index is 0.0284. The molecule has 120 valence electrons. The van der Waals surface area contributed by atoms with E-state index in [1.165, 1.54) is 0 Å². The van der Waals surface area contributed by atoms with E-state index < -0.39 is 0 Å². The van der Waals surface area contributed by atoms with E-state index in [9.17, 15) is 4.79 Å². The lowest BCUT2D eigenvalue weighted by Gasteiger charge is -2.30. The molecule has 7 nitrogen and oxygen atoms in total. The van der Waals surface area contributed by atoms with E-state index in [1.807, 2.05) is 18.0 Å². The Balaban J connectivity index is 1.62. The van der Waals surface area contributed by atoms with Gasteiger partial charge in [-0.25, -0.2) is 4.98 Å². The Bertz CT molecular complexity index is 705. The number of fused-ring (bicyclic) bond motifs is 1. The molecule has 4 rings (SSSR count). The highest BCUT2D eigenvalue weighted by Gasteiger charge is 2.32. The summed E-state index contributed by atoms with van der Waals surface area (Å²) < 4.78 is 0. The summed E-state index contributed by atoms with van der Waals surface area (Å²) >= 11 is 0. The lowest BCUT2D eigenvalue weighted by molar-refractivity contribution is -0.117. The molecule has 2 aliphatic carbocycles. The molecule has 3 N–H and O–H groups in total. The number of hydrazone groups is 1. The Morgan fingerprint density at radius 3 is 2.87 bits per heavy atom. The van der Waals surface area contributed by atoms with Crippen molar-refractivity contribution in [3.8, 4) is 0 Å². The number of pyridine rings is 1. The van der Waals surface area contributed by atoms with E-state index >= 15 is 0 Å². The normalized spacial score (nSPS) is 22.0. The third-order valence-corrected chi connectivity index (χ3v) is 4.40. The van der Waals surface area contributed by atoms with Gasteiger partial charge in [-0.1, -0.05) is 0 Å². The number of aromatic nitrogens is 1. The molecule has 0 spiro atoms. The standard InChI is InChI=1S/C16H20N6O/c1-22-8-12(21-20-10-4-5-10)13(17)11-6-7-18-15(14(11)22)19-16(23)9-2-3-9/h6-7,9-10,17,20H,2-5,8H2,1H3,(H,18,19,23)/b17-13?,21-12-. The highest BCUT2D eigenvalue weighted by Crippen LogP contribution is 2.34. The van der Waals surface area contributed by atoms with Crippen LogP contribution in [-0.4, -0.2) is 41.9 Å². The third-order valence-electron chi connectivity index (χ3n) is 4.40. The molecule has 0 unspecified atom stereocenters. The number of nitrogens with zero attached hydrogens (tertiary/aromatic N) is 3. The molecule has 1 aliphatic heterocycles. The van der Waals surface area contributed by atoms with Crippen molar-refractivity contribution >= 4 is 28.8 Å². The predicted molar refractivity (Wildman–Crippen MR) is 89.3 cm³/mol. The van der Waals surface area contributed by atoms with E-state index in [0.29, 0.717) is 24.1 Å². The summed E-state index contributed by atoms with van der Waals surface area (Å²) in [6.07, 6.45) is 5.85. The van der Waals surface area contributed by atoms with Gasteiger partial charge in [-0.2, -0.15) is 5.10 Å². The molecule has 1 amide bonds. The quantitative estimate of drug-likeness (QED) is 0.732. The maximum atomic E-state index is 12.0. The van der Waals surface area contributed by atoms with E-state index in [2.05, 4.69) is 20.8 Å². The van der Waals surface area contributed by atoms with Gasteiger partial charge in [0.2, 0.25) is 5.91 Å². The summed E-state index contributed by atoms with van der Waals surface area (Å²) in [7, 11) is 1.94. The molecule has 0 radical (unpaired) electrons. The molecule has 0 bridgehead atoms. The van der Waals surface area contributed by atoms with Crippen molar-refractivity contribution in [3.63, 3.8) is 0 Å². The van der Waals surface area contributed by atoms with Crippen molar-refractivity contribution in [1.29, 1.82) is 5.41 Å². The van der Waals surface area contributed by atoms with Gasteiger partial charge in [-0.15, -0.1) is 0 Å². The van der Waals surface area contributed by atoms with Gasteiger partial charge in [0.05, 0.1) is 17.9 Å². The van der Waals surface area contributed by atoms with Crippen molar-refractivity contribution in [2.75, 3.05) is 23.8 Å². The summed E-state index contributed by atoms with van der Waals surface area (Å²) in [5.74, 6) is 0.697. The highest BCUT2D eigenvalue weighted by atomic mass is 16.2. The average molecular weight is 312 g/mol. The molecule has 2 fully saturated rings. The molecule has 3 aliphatic rings. The smallest absolute Gasteiger partial charge is 0.228 e. The van der Waals surface area contributed by atoms with Crippen LogP contribution < -0.4 is 15.6 Å². The molecule has 1 aromatic heterocycles. The SMILES string of the molecule is CN1C/C(=N/NC2CC2)C(=N)c2ccnc(NC(=O)C3CC3)c21. The minimum atomic E-state index is 0.0284. The summed E-state index contributed by atoms with van der Waals surface area (Å²) in [5.41, 5.74) is 5.79. The fraction of sp³-hybridized carbons (Fsp3) is 0.500. The fourth-order valence-electron chi connectivity index (χ4n) is 2.71. The molecule has 23 heavy (non-hydrogen) atoms. The molecule has 7 heteroatoms. The van der Waals surface area contributed by atoms with Crippen LogP contribution in [0.3, 0.4) is 0 Å². The first-order valence-corrected chi connectivity index (χ1v) is 8.06. The highest BCUT2D eigenvalue weighted by molar-refractivity contribution is 6.50. The lowest BCUT2D eigenvalue weighted by Crippen LogP contribution is -2.39. The number of rotatable bonds is 4. The monoisotopic (exact) mass is 312 g/mol. The van der Waals surface area contributed by atoms with Crippen LogP contribution in [0.15, 0.2) is 17.4 Å². The van der Waals surface area contributed by atoms with Gasteiger partial charge in [-0.3, -0.25) is 10.2 Å². The average Bonchev–Trinajstić information content (AvgIpc) is 3.42. The Morgan fingerprint density at radius 1 is 1.39 bits per heavy atom. The van der Waals surface area contributed by atoms with Crippen molar-refractivity contribution in [1.82, 2.24) is 10.4 Å². The van der Waals surface area contributed by atoms with Crippen LogP contribution in [-0.2, 0) is 4.79 Å². The van der Waals surface area contributed by atoms with Crippen molar-refractivity contribution in [2.45, 2.75) is 31.7 Å². The fourth-order valence-corrected chi connectivity index (χ4v) is 2.71. The number of hydrogen-bond donors (Lipinski definition) is 3. The zero-order valence-electron chi connectivity index (χ0n) is 13.1. The van der Waals surface area contributed by atoms with Gasteiger partial charge in [0, 0.05) is 30.8 Å². The van der Waals surface area contributed by atoms with Crippen LogP contribution in [0.4, 0.5) is 11.5 Å². The van der Waals surface area contributed by atoms with Crippen LogP contribution >= 0.6 is 0 Å². The van der Waals surface area contributed by atoms with E-state index in [4.69, 9.17) is 5.41 Å². The van der Waals surface area contributed by atoms with Crippen molar-refractivity contribution in [3.05, 3.63) is 17.8 Å². The van der Waals surface area contributed by atoms with E-state index in [-0.39, 0.29) is 11.8 Å². The van der Waals surface area contributed by atoms with Crippen LogP contribution in [0, 0.1) is 11.3 Å². The molecule has 0 aromatic carbocycles. The van der Waals surface area contributed by atoms with Gasteiger partial charge in [0.15, 0.2) is 5.82 Å². The van der Waals surface area contributed by atoms with Gasteiger partial charge < -0.3 is 15.6 Å². The second kappa shape index (κ2) is 5.33. The lowest BCUT2D eigenvalue weighted by atomic mass is 9.99. The number of carbonyl (C=O) groups excluding carboxylic acids is 1. The van der Waals surface area contributed by atoms with E-state index in [0.717, 1.165) is 42.6 Å². The number of anilines is 2. The van der Waals surface area contributed by atoms with Crippen LogP contribution in [0.1, 0.15) is 31.2 Å². The van der Waals surface area contributed by atoms with Gasteiger partial charge in [0.25, 0.3) is 0 Å². The zero-order chi connectivity index (χ0) is 16.0. The summed E-state index contributed by atoms with van der Waals surface area (Å²) in [6.45, 7) is 0.531. The number of carbonyl (C=O) groups is 1. The number of amides is 1. The van der Waals surface area contributed by atoms with Gasteiger partial charge in [0.1, 0.15) is 5.71 Å². The van der Waals surface area contributed by atoms with Crippen LogP contribution in [0.5, 0.6) is 0 Å². The van der Waals surface area contributed by atoms with Crippen LogP contribution in [0.25, 0.3) is 0 Å². The first-order chi connectivity index (χ1) is 11.1.